The lowest BCUT2D eigenvalue weighted by molar-refractivity contribution is -0.239. The van der Waals surface area contributed by atoms with Crippen molar-refractivity contribution in [1.82, 2.24) is 15.2 Å². The second kappa shape index (κ2) is 17.5. The van der Waals surface area contributed by atoms with Crippen LogP contribution in [0.15, 0.2) is 42.6 Å². The number of carbonyl (C=O) groups is 3. The van der Waals surface area contributed by atoms with Gasteiger partial charge in [0, 0.05) is 36.4 Å². The van der Waals surface area contributed by atoms with Crippen molar-refractivity contribution >= 4 is 46.2 Å². The van der Waals surface area contributed by atoms with Crippen molar-refractivity contribution < 1.29 is 43.5 Å². The Morgan fingerprint density at radius 1 is 1.08 bits per heavy atom. The first-order valence-corrected chi connectivity index (χ1v) is 17.7. The van der Waals surface area contributed by atoms with Crippen molar-refractivity contribution in [3.8, 4) is 0 Å². The predicted molar refractivity (Wildman–Crippen MR) is 189 cm³/mol. The number of aromatic nitrogens is 1. The fourth-order valence-corrected chi connectivity index (χ4v) is 6.58. The average molecular weight is 718 g/mol. The molecule has 1 aromatic heterocycles. The van der Waals surface area contributed by atoms with Crippen molar-refractivity contribution in [1.29, 1.82) is 0 Å². The van der Waals surface area contributed by atoms with E-state index >= 15 is 0 Å². The average Bonchev–Trinajstić information content (AvgIpc) is 3.07. The van der Waals surface area contributed by atoms with E-state index < -0.39 is 71.3 Å². The first-order chi connectivity index (χ1) is 23.6. The molecule has 3 N–H and O–H groups in total. The summed E-state index contributed by atoms with van der Waals surface area (Å²) in [7, 11) is 3.98. The van der Waals surface area contributed by atoms with Gasteiger partial charge in [-0.25, -0.2) is 0 Å². The molecule has 50 heavy (non-hydrogen) atoms. The van der Waals surface area contributed by atoms with Crippen molar-refractivity contribution in [2.45, 2.75) is 114 Å². The molecule has 0 bridgehead atoms. The van der Waals surface area contributed by atoms with Crippen LogP contribution in [0.5, 0.6) is 0 Å². The Kier molecular flexibility index (Phi) is 13.9. The molecule has 1 aromatic carbocycles. The third-order valence-corrected chi connectivity index (χ3v) is 10.2. The summed E-state index contributed by atoms with van der Waals surface area (Å²) >= 11 is 6.27. The van der Waals surface area contributed by atoms with E-state index in [1.807, 2.05) is 63.5 Å². The van der Waals surface area contributed by atoms with E-state index in [1.54, 1.807) is 13.1 Å². The molecule has 0 aliphatic carbocycles. The molecular weight excluding hydrogens is 666 g/mol. The van der Waals surface area contributed by atoms with Crippen molar-refractivity contribution in [3.05, 3.63) is 48.2 Å². The number of alkyl halides is 1. The fourth-order valence-electron chi connectivity index (χ4n) is 6.36. The number of para-hydroxylation sites is 1. The van der Waals surface area contributed by atoms with Crippen LogP contribution >= 0.6 is 11.6 Å². The van der Waals surface area contributed by atoms with Crippen LogP contribution in [-0.2, 0) is 33.3 Å². The number of benzene rings is 1. The highest BCUT2D eigenvalue weighted by atomic mass is 35.5. The number of ether oxygens (including phenoxy) is 4. The first-order valence-electron chi connectivity index (χ1n) is 17.3. The van der Waals surface area contributed by atoms with Gasteiger partial charge < -0.3 is 39.4 Å². The molecule has 3 heterocycles. The largest absolute Gasteiger partial charge is 0.442 e. The highest BCUT2D eigenvalue weighted by Gasteiger charge is 2.45. The van der Waals surface area contributed by atoms with E-state index in [0.717, 1.165) is 22.9 Å². The molecule has 1 amide bonds. The molecule has 4 rings (SSSR count). The number of halogens is 1. The van der Waals surface area contributed by atoms with Gasteiger partial charge in [-0.2, -0.15) is 0 Å². The van der Waals surface area contributed by atoms with E-state index in [4.69, 9.17) is 30.5 Å². The highest BCUT2D eigenvalue weighted by Crippen LogP contribution is 2.30. The smallest absolute Gasteiger partial charge is 0.317 e. The van der Waals surface area contributed by atoms with Crippen LogP contribution in [-0.4, -0.2) is 112 Å². The summed E-state index contributed by atoms with van der Waals surface area (Å²) in [6.45, 7) is 7.89. The molecule has 0 saturated carbocycles. The summed E-state index contributed by atoms with van der Waals surface area (Å²) in [5, 5.41) is 25.7. The zero-order chi connectivity index (χ0) is 36.7. The quantitative estimate of drug-likeness (QED) is 0.217. The standard InChI is InChI=1S/C37H52ClN3O9/c1-21-17-30(47-16-10-11-25-14-15-39-28-13-9-8-12-27(25)28)31(49-32-19-26(41(6)7)18-22(2)48-32)20-29(42)23(3)35(45)50-36(38)37(5,46)33(43)24(4)40-34(21)44/h8-15,21-24,26,30-33,36,43,46H,16-20H2,1-7H3,(H,40,44)/b11-10+/t21-,22?,23?,24?,26?,30?,31-,32?,33?,36+,37+/m1/s1. The Labute approximate surface area is 299 Å². The van der Waals surface area contributed by atoms with Crippen LogP contribution in [0.25, 0.3) is 17.0 Å². The molecular formula is C37H52ClN3O9. The molecule has 7 unspecified atom stereocenters. The number of aliphatic hydroxyl groups excluding tert-OH is 1. The van der Waals surface area contributed by atoms with Gasteiger partial charge in [-0.15, -0.1) is 0 Å². The van der Waals surface area contributed by atoms with Gasteiger partial charge in [0.05, 0.1) is 36.5 Å². The number of esters is 1. The summed E-state index contributed by atoms with van der Waals surface area (Å²) in [6.07, 6.45) is 2.62. The fraction of sp³-hybridized carbons (Fsp3) is 0.622. The molecule has 2 aromatic rings. The first kappa shape index (κ1) is 39.8. The van der Waals surface area contributed by atoms with Crippen LogP contribution in [0.3, 0.4) is 0 Å². The highest BCUT2D eigenvalue weighted by molar-refractivity contribution is 6.21. The maximum absolute atomic E-state index is 13.7. The minimum absolute atomic E-state index is 0.114. The van der Waals surface area contributed by atoms with Crippen LogP contribution in [0.4, 0.5) is 0 Å². The number of Topliss-reactive ketones (excluding diaryl/α,β-unsaturated/α-hetero) is 1. The van der Waals surface area contributed by atoms with Gasteiger partial charge in [0.2, 0.25) is 11.5 Å². The zero-order valence-electron chi connectivity index (χ0n) is 30.0. The second-order valence-corrected chi connectivity index (χ2v) is 14.5. The number of nitrogens with one attached hydrogen (secondary N) is 1. The van der Waals surface area contributed by atoms with Gasteiger partial charge in [-0.05, 0) is 72.3 Å². The SMILES string of the molecule is CC1CC(N(C)C)CC(O[C@@H]2CC(=O)C(C)C(=O)O[C@H](Cl)[C@@](C)(O)C(O)C(C)NC(=O)[C@H](C)CC2OC/C=C/c2ccnc3ccccc23)O1. The van der Waals surface area contributed by atoms with E-state index in [-0.39, 0.29) is 31.6 Å². The number of carbonyl (C=O) groups excluding carboxylic acids is 3. The molecule has 11 atom stereocenters. The number of cyclic esters (lactones) is 1. The topological polar surface area (TPSA) is 157 Å². The van der Waals surface area contributed by atoms with E-state index in [0.29, 0.717) is 6.42 Å². The second-order valence-electron chi connectivity index (χ2n) is 14.1. The number of hydrogen-bond acceptors (Lipinski definition) is 11. The number of amides is 1. The summed E-state index contributed by atoms with van der Waals surface area (Å²) in [5.41, 5.74) is -2.06. The molecule has 13 heteroatoms. The number of rotatable bonds is 7. The lowest BCUT2D eigenvalue weighted by atomic mass is 9.92. The molecule has 2 fully saturated rings. The number of ketones is 1. The van der Waals surface area contributed by atoms with Gasteiger partial charge in [-0.1, -0.05) is 48.9 Å². The lowest BCUT2D eigenvalue weighted by Crippen LogP contribution is -2.58. The van der Waals surface area contributed by atoms with Crippen LogP contribution in [0.1, 0.15) is 65.9 Å². The van der Waals surface area contributed by atoms with Crippen molar-refractivity contribution in [2.24, 2.45) is 11.8 Å². The van der Waals surface area contributed by atoms with E-state index in [2.05, 4.69) is 15.2 Å². The molecule has 0 radical (unpaired) electrons. The molecule has 276 valence electrons. The molecule has 2 aliphatic rings. The minimum Gasteiger partial charge on any atom is -0.442 e. The summed E-state index contributed by atoms with van der Waals surface area (Å²) in [4.78, 5) is 46.9. The van der Waals surface area contributed by atoms with E-state index in [9.17, 15) is 24.6 Å². The normalized spacial score (nSPS) is 35.5. The van der Waals surface area contributed by atoms with Gasteiger partial charge >= 0.3 is 5.97 Å². The van der Waals surface area contributed by atoms with Crippen LogP contribution < -0.4 is 5.32 Å². The Hall–Kier alpha value is -2.97. The maximum Gasteiger partial charge on any atom is 0.317 e. The van der Waals surface area contributed by atoms with E-state index in [1.165, 1.54) is 20.8 Å². The van der Waals surface area contributed by atoms with Crippen molar-refractivity contribution in [3.63, 3.8) is 0 Å². The minimum atomic E-state index is -2.15. The zero-order valence-corrected chi connectivity index (χ0v) is 30.7. The Balaban J connectivity index is 1.66. The Morgan fingerprint density at radius 3 is 2.52 bits per heavy atom. The maximum atomic E-state index is 13.7. The molecule has 0 spiro atoms. The van der Waals surface area contributed by atoms with Crippen molar-refractivity contribution in [2.75, 3.05) is 20.7 Å². The Bertz CT molecular complexity index is 1500. The monoisotopic (exact) mass is 717 g/mol. The van der Waals surface area contributed by atoms with Gasteiger partial charge in [0.25, 0.3) is 0 Å². The van der Waals surface area contributed by atoms with Crippen LogP contribution in [0.2, 0.25) is 0 Å². The predicted octanol–water partition coefficient (Wildman–Crippen LogP) is 3.83. The molecule has 12 nitrogen and oxygen atoms in total. The van der Waals surface area contributed by atoms with Gasteiger partial charge in [-0.3, -0.25) is 19.4 Å². The van der Waals surface area contributed by atoms with Gasteiger partial charge in [0.1, 0.15) is 23.4 Å². The number of hydrogen-bond donors (Lipinski definition) is 3. The van der Waals surface area contributed by atoms with Crippen LogP contribution in [0, 0.1) is 11.8 Å². The number of pyridine rings is 1. The summed E-state index contributed by atoms with van der Waals surface area (Å²) < 4.78 is 24.5. The summed E-state index contributed by atoms with van der Waals surface area (Å²) in [5.74, 6) is -3.87. The number of aliphatic hydroxyl groups is 2. The third kappa shape index (κ3) is 10.1. The third-order valence-electron chi connectivity index (χ3n) is 9.70. The summed E-state index contributed by atoms with van der Waals surface area (Å²) in [6, 6.07) is 8.89. The van der Waals surface area contributed by atoms with Gasteiger partial charge in [0.15, 0.2) is 6.29 Å². The number of nitrogens with zero attached hydrogens (tertiary/aromatic N) is 2. The lowest BCUT2D eigenvalue weighted by Gasteiger charge is -2.39. The number of fused-ring (bicyclic) bond motifs is 1. The Morgan fingerprint density at radius 2 is 1.80 bits per heavy atom. The molecule has 2 aliphatic heterocycles. The molecule has 2 saturated heterocycles.